The van der Waals surface area contributed by atoms with E-state index < -0.39 is 11.6 Å². The molecule has 0 fully saturated rings. The molecular weight excluding hydrogens is 293 g/mol. The molecule has 0 aliphatic carbocycles. The summed E-state index contributed by atoms with van der Waals surface area (Å²) in [6, 6.07) is 7.67. The highest BCUT2D eigenvalue weighted by molar-refractivity contribution is 6.39. The number of nitriles is 1. The number of halogens is 4. The van der Waals surface area contributed by atoms with E-state index in [1.54, 1.807) is 0 Å². The summed E-state index contributed by atoms with van der Waals surface area (Å²) in [6.45, 7) is 0. The summed E-state index contributed by atoms with van der Waals surface area (Å²) < 4.78 is 26.1. The second kappa shape index (κ2) is 5.43. The SMILES string of the molecule is N#Cc1cc(F)ccc1Nc1c(Cl)cc(F)cc1Cl. The lowest BCUT2D eigenvalue weighted by molar-refractivity contribution is 0.627. The lowest BCUT2D eigenvalue weighted by atomic mass is 10.2. The zero-order chi connectivity index (χ0) is 14.0. The fraction of sp³-hybridized carbons (Fsp3) is 0. The van der Waals surface area contributed by atoms with Crippen LogP contribution in [0.2, 0.25) is 10.0 Å². The molecule has 2 aromatic rings. The van der Waals surface area contributed by atoms with Gasteiger partial charge in [0.05, 0.1) is 27.0 Å². The molecule has 0 aromatic heterocycles. The standard InChI is InChI=1S/C13H6Cl2F2N2/c14-10-4-9(17)5-11(15)13(10)19-12-2-1-8(16)3-7(12)6-18/h1-5,19H. The van der Waals surface area contributed by atoms with E-state index >= 15 is 0 Å². The van der Waals surface area contributed by atoms with Crippen molar-refractivity contribution in [2.24, 2.45) is 0 Å². The minimum Gasteiger partial charge on any atom is -0.352 e. The largest absolute Gasteiger partial charge is 0.352 e. The minimum absolute atomic E-state index is 0.0678. The van der Waals surface area contributed by atoms with E-state index in [0.717, 1.165) is 18.2 Å². The summed E-state index contributed by atoms with van der Waals surface area (Å²) in [5, 5.41) is 11.9. The monoisotopic (exact) mass is 298 g/mol. The molecule has 2 rings (SSSR count). The predicted octanol–water partition coefficient (Wildman–Crippen LogP) is 4.89. The molecule has 0 saturated carbocycles. The maximum atomic E-state index is 13.0. The second-order valence-corrected chi connectivity index (χ2v) is 4.49. The van der Waals surface area contributed by atoms with Gasteiger partial charge in [0.2, 0.25) is 0 Å². The Balaban J connectivity index is 2.45. The molecule has 19 heavy (non-hydrogen) atoms. The highest BCUT2D eigenvalue weighted by atomic mass is 35.5. The number of hydrogen-bond acceptors (Lipinski definition) is 2. The number of nitrogens with one attached hydrogen (secondary N) is 1. The maximum Gasteiger partial charge on any atom is 0.126 e. The third-order valence-electron chi connectivity index (χ3n) is 2.37. The zero-order valence-electron chi connectivity index (χ0n) is 9.35. The van der Waals surface area contributed by atoms with Crippen LogP contribution in [0.5, 0.6) is 0 Å². The molecule has 1 N–H and O–H groups in total. The van der Waals surface area contributed by atoms with E-state index in [9.17, 15) is 8.78 Å². The third-order valence-corrected chi connectivity index (χ3v) is 2.96. The van der Waals surface area contributed by atoms with Gasteiger partial charge in [0.1, 0.15) is 17.7 Å². The molecule has 0 amide bonds. The fourth-order valence-electron chi connectivity index (χ4n) is 1.51. The second-order valence-electron chi connectivity index (χ2n) is 3.67. The molecular formula is C13H6Cl2F2N2. The van der Waals surface area contributed by atoms with Gasteiger partial charge in [-0.25, -0.2) is 8.78 Å². The van der Waals surface area contributed by atoms with Crippen LogP contribution in [0.3, 0.4) is 0 Å². The van der Waals surface area contributed by atoms with Gasteiger partial charge in [-0.1, -0.05) is 23.2 Å². The van der Waals surface area contributed by atoms with Crippen molar-refractivity contribution in [2.45, 2.75) is 0 Å². The molecule has 6 heteroatoms. The Morgan fingerprint density at radius 3 is 2.21 bits per heavy atom. The van der Waals surface area contributed by atoms with Crippen molar-refractivity contribution in [2.75, 3.05) is 5.32 Å². The van der Waals surface area contributed by atoms with Gasteiger partial charge in [-0.2, -0.15) is 5.26 Å². The Hall–Kier alpha value is -1.83. The van der Waals surface area contributed by atoms with Crippen LogP contribution < -0.4 is 5.32 Å². The van der Waals surface area contributed by atoms with Crippen LogP contribution in [0.4, 0.5) is 20.2 Å². The Morgan fingerprint density at radius 2 is 1.63 bits per heavy atom. The maximum absolute atomic E-state index is 13.0. The number of benzene rings is 2. The molecule has 2 aromatic carbocycles. The molecule has 0 aliphatic heterocycles. The van der Waals surface area contributed by atoms with Gasteiger partial charge in [0.15, 0.2) is 0 Å². The average Bonchev–Trinajstić information content (AvgIpc) is 2.35. The molecule has 2 nitrogen and oxygen atoms in total. The first-order chi connectivity index (χ1) is 9.01. The quantitative estimate of drug-likeness (QED) is 0.857. The fourth-order valence-corrected chi connectivity index (χ4v) is 2.07. The average molecular weight is 299 g/mol. The van der Waals surface area contributed by atoms with Gasteiger partial charge in [-0.3, -0.25) is 0 Å². The summed E-state index contributed by atoms with van der Waals surface area (Å²) in [6.07, 6.45) is 0. The number of hydrogen-bond donors (Lipinski definition) is 1. The van der Waals surface area contributed by atoms with E-state index in [1.165, 1.54) is 12.1 Å². The van der Waals surface area contributed by atoms with Crippen LogP contribution in [0.15, 0.2) is 30.3 Å². The summed E-state index contributed by atoms with van der Waals surface area (Å²) in [7, 11) is 0. The third kappa shape index (κ3) is 2.95. The first-order valence-electron chi connectivity index (χ1n) is 5.12. The van der Waals surface area contributed by atoms with Crippen LogP contribution in [-0.2, 0) is 0 Å². The van der Waals surface area contributed by atoms with Crippen molar-refractivity contribution in [1.29, 1.82) is 5.26 Å². The van der Waals surface area contributed by atoms with Gasteiger partial charge >= 0.3 is 0 Å². The smallest absolute Gasteiger partial charge is 0.126 e. The Bertz CT molecular complexity index is 658. The van der Waals surface area contributed by atoms with Crippen molar-refractivity contribution >= 4 is 34.6 Å². The molecule has 0 bridgehead atoms. The van der Waals surface area contributed by atoms with E-state index in [-0.39, 0.29) is 21.3 Å². The topological polar surface area (TPSA) is 35.8 Å². The van der Waals surface area contributed by atoms with Crippen LogP contribution in [-0.4, -0.2) is 0 Å². The van der Waals surface area contributed by atoms with E-state index in [4.69, 9.17) is 28.5 Å². The normalized spacial score (nSPS) is 10.1. The van der Waals surface area contributed by atoms with Crippen molar-refractivity contribution in [3.8, 4) is 6.07 Å². The summed E-state index contributed by atoms with van der Waals surface area (Å²) in [4.78, 5) is 0. The van der Waals surface area contributed by atoms with E-state index in [0.29, 0.717) is 5.69 Å². The molecule has 0 saturated heterocycles. The van der Waals surface area contributed by atoms with Crippen molar-refractivity contribution in [3.05, 3.63) is 57.6 Å². The highest BCUT2D eigenvalue weighted by Crippen LogP contribution is 2.34. The van der Waals surface area contributed by atoms with Crippen LogP contribution in [0.1, 0.15) is 5.56 Å². The van der Waals surface area contributed by atoms with E-state index in [1.807, 2.05) is 6.07 Å². The molecule has 0 spiro atoms. The molecule has 0 unspecified atom stereocenters. The molecule has 0 aliphatic rings. The summed E-state index contributed by atoms with van der Waals surface area (Å²) in [5.74, 6) is -1.10. The van der Waals surface area contributed by atoms with E-state index in [2.05, 4.69) is 5.32 Å². The highest BCUT2D eigenvalue weighted by Gasteiger charge is 2.11. The lowest BCUT2D eigenvalue weighted by Gasteiger charge is -2.11. The lowest BCUT2D eigenvalue weighted by Crippen LogP contribution is -1.96. The molecule has 0 atom stereocenters. The number of nitrogens with zero attached hydrogens (tertiary/aromatic N) is 1. The van der Waals surface area contributed by atoms with Crippen molar-refractivity contribution in [3.63, 3.8) is 0 Å². The first-order valence-corrected chi connectivity index (χ1v) is 5.88. The van der Waals surface area contributed by atoms with Crippen molar-refractivity contribution in [1.82, 2.24) is 0 Å². The predicted molar refractivity (Wildman–Crippen MR) is 70.8 cm³/mol. The summed E-state index contributed by atoms with van der Waals surface area (Å²) >= 11 is 11.7. The van der Waals surface area contributed by atoms with Gasteiger partial charge in [-0.05, 0) is 30.3 Å². The van der Waals surface area contributed by atoms with Gasteiger partial charge < -0.3 is 5.32 Å². The van der Waals surface area contributed by atoms with Gasteiger partial charge in [0.25, 0.3) is 0 Å². The van der Waals surface area contributed by atoms with Crippen LogP contribution in [0, 0.1) is 23.0 Å². The Kier molecular flexibility index (Phi) is 3.89. The number of anilines is 2. The van der Waals surface area contributed by atoms with Crippen LogP contribution in [0.25, 0.3) is 0 Å². The molecule has 0 heterocycles. The minimum atomic E-state index is -0.569. The van der Waals surface area contributed by atoms with Crippen LogP contribution >= 0.6 is 23.2 Å². The van der Waals surface area contributed by atoms with Gasteiger partial charge in [0, 0.05) is 0 Å². The van der Waals surface area contributed by atoms with Crippen molar-refractivity contribution < 1.29 is 8.78 Å². The molecule has 96 valence electrons. The number of rotatable bonds is 2. The molecule has 0 radical (unpaired) electrons. The zero-order valence-corrected chi connectivity index (χ0v) is 10.9. The van der Waals surface area contributed by atoms with Gasteiger partial charge in [-0.15, -0.1) is 0 Å². The first kappa shape index (κ1) is 13.6. The Morgan fingerprint density at radius 1 is 1.00 bits per heavy atom. The Labute approximate surface area is 118 Å². The summed E-state index contributed by atoms with van der Waals surface area (Å²) in [5.41, 5.74) is 0.684.